The lowest BCUT2D eigenvalue weighted by molar-refractivity contribution is 0.172. The van der Waals surface area contributed by atoms with Crippen molar-refractivity contribution in [3.8, 4) is 5.75 Å². The molecule has 138 valence electrons. The van der Waals surface area contributed by atoms with Crippen LogP contribution < -0.4 is 10.1 Å². The number of ether oxygens (including phenoxy) is 1. The summed E-state index contributed by atoms with van der Waals surface area (Å²) in [6.07, 6.45) is 0. The Morgan fingerprint density at radius 2 is 1.65 bits per heavy atom. The van der Waals surface area contributed by atoms with Crippen LogP contribution in [0, 0.1) is 0 Å². The number of aliphatic imine (C=N–C) groups is 1. The van der Waals surface area contributed by atoms with Crippen LogP contribution in [0.4, 0.5) is 0 Å². The summed E-state index contributed by atoms with van der Waals surface area (Å²) in [7, 11) is 3.54. The lowest BCUT2D eigenvalue weighted by atomic mass is 10.2. The van der Waals surface area contributed by atoms with Gasteiger partial charge in [0.2, 0.25) is 0 Å². The van der Waals surface area contributed by atoms with E-state index in [9.17, 15) is 0 Å². The predicted octanol–water partition coefficient (Wildman–Crippen LogP) is 2.59. The molecule has 0 unspecified atom stereocenters. The van der Waals surface area contributed by atoms with Gasteiger partial charge < -0.3 is 15.0 Å². The zero-order chi connectivity index (χ0) is 18.2. The summed E-state index contributed by atoms with van der Waals surface area (Å²) in [5, 5.41) is 3.47. The molecule has 1 heterocycles. The molecule has 0 bridgehead atoms. The van der Waals surface area contributed by atoms with Crippen LogP contribution in [0.1, 0.15) is 11.1 Å². The first-order valence-electron chi connectivity index (χ1n) is 9.13. The Balaban J connectivity index is 1.47. The average Bonchev–Trinajstić information content (AvgIpc) is 2.71. The van der Waals surface area contributed by atoms with Crippen LogP contribution >= 0.6 is 0 Å². The summed E-state index contributed by atoms with van der Waals surface area (Å²) in [5.41, 5.74) is 2.60. The highest BCUT2D eigenvalue weighted by molar-refractivity contribution is 5.80. The fraction of sp³-hybridized carbons (Fsp3) is 0.381. The third-order valence-electron chi connectivity index (χ3n) is 4.74. The molecule has 3 rings (SSSR count). The van der Waals surface area contributed by atoms with E-state index in [1.165, 1.54) is 11.1 Å². The second kappa shape index (κ2) is 9.25. The highest BCUT2D eigenvalue weighted by Crippen LogP contribution is 2.12. The van der Waals surface area contributed by atoms with Crippen molar-refractivity contribution >= 4 is 5.96 Å². The molecule has 5 heteroatoms. The van der Waals surface area contributed by atoms with Crippen LogP contribution in [0.3, 0.4) is 0 Å². The summed E-state index contributed by atoms with van der Waals surface area (Å²) in [6, 6.07) is 18.8. The number of guanidine groups is 1. The molecule has 0 aromatic heterocycles. The maximum atomic E-state index is 5.21. The fourth-order valence-electron chi connectivity index (χ4n) is 3.22. The van der Waals surface area contributed by atoms with E-state index >= 15 is 0 Å². The molecule has 1 fully saturated rings. The second-order valence-electron chi connectivity index (χ2n) is 6.50. The number of benzene rings is 2. The van der Waals surface area contributed by atoms with Crippen LogP contribution in [0.15, 0.2) is 59.6 Å². The standard InChI is InChI=1S/C21H28N4O/c1-22-21(23-16-18-8-10-20(26-2)11-9-18)25-14-12-24(13-15-25)17-19-6-4-3-5-7-19/h3-11H,12-17H2,1-2H3,(H,22,23). The van der Waals surface area contributed by atoms with E-state index in [-0.39, 0.29) is 0 Å². The molecule has 1 aliphatic rings. The van der Waals surface area contributed by atoms with E-state index in [0.29, 0.717) is 0 Å². The lowest BCUT2D eigenvalue weighted by Gasteiger charge is -2.36. The van der Waals surface area contributed by atoms with Gasteiger partial charge in [-0.3, -0.25) is 9.89 Å². The van der Waals surface area contributed by atoms with E-state index in [1.54, 1.807) is 7.11 Å². The van der Waals surface area contributed by atoms with Crippen LogP contribution in [-0.4, -0.2) is 56.1 Å². The highest BCUT2D eigenvalue weighted by atomic mass is 16.5. The summed E-state index contributed by atoms with van der Waals surface area (Å²) in [4.78, 5) is 9.30. The topological polar surface area (TPSA) is 40.1 Å². The van der Waals surface area contributed by atoms with E-state index in [1.807, 2.05) is 19.2 Å². The zero-order valence-electron chi connectivity index (χ0n) is 15.7. The number of methoxy groups -OCH3 is 1. The molecule has 1 saturated heterocycles. The molecule has 0 spiro atoms. The van der Waals surface area contributed by atoms with Gasteiger partial charge in [-0.25, -0.2) is 0 Å². The van der Waals surface area contributed by atoms with Crippen molar-refractivity contribution in [1.82, 2.24) is 15.1 Å². The number of piperazine rings is 1. The summed E-state index contributed by atoms with van der Waals surface area (Å²) in [6.45, 7) is 5.88. The van der Waals surface area contributed by atoms with Crippen molar-refractivity contribution in [2.75, 3.05) is 40.3 Å². The third-order valence-corrected chi connectivity index (χ3v) is 4.74. The Morgan fingerprint density at radius 1 is 0.962 bits per heavy atom. The van der Waals surface area contributed by atoms with Crippen LogP contribution in [0.25, 0.3) is 0 Å². The van der Waals surface area contributed by atoms with Gasteiger partial charge in [-0.1, -0.05) is 42.5 Å². The Labute approximate surface area is 156 Å². The van der Waals surface area contributed by atoms with E-state index in [0.717, 1.165) is 51.0 Å². The number of hydrogen-bond acceptors (Lipinski definition) is 3. The van der Waals surface area contributed by atoms with E-state index in [4.69, 9.17) is 4.74 Å². The van der Waals surface area contributed by atoms with E-state index in [2.05, 4.69) is 62.6 Å². The summed E-state index contributed by atoms with van der Waals surface area (Å²) < 4.78 is 5.21. The first kappa shape index (κ1) is 18.3. The van der Waals surface area contributed by atoms with Crippen LogP contribution in [0.2, 0.25) is 0 Å². The van der Waals surface area contributed by atoms with Crippen molar-refractivity contribution in [2.24, 2.45) is 4.99 Å². The van der Waals surface area contributed by atoms with Crippen molar-refractivity contribution in [1.29, 1.82) is 0 Å². The van der Waals surface area contributed by atoms with Gasteiger partial charge in [-0.15, -0.1) is 0 Å². The van der Waals surface area contributed by atoms with Crippen molar-refractivity contribution in [2.45, 2.75) is 13.1 Å². The number of hydrogen-bond donors (Lipinski definition) is 1. The number of nitrogens with one attached hydrogen (secondary N) is 1. The molecule has 0 aliphatic carbocycles. The Hall–Kier alpha value is -2.53. The molecular formula is C21H28N4O. The molecule has 0 amide bonds. The highest BCUT2D eigenvalue weighted by Gasteiger charge is 2.19. The Kier molecular flexibility index (Phi) is 6.50. The normalized spacial score (nSPS) is 15.8. The van der Waals surface area contributed by atoms with Crippen molar-refractivity contribution < 1.29 is 4.74 Å². The molecule has 0 atom stereocenters. The fourth-order valence-corrected chi connectivity index (χ4v) is 3.22. The van der Waals surface area contributed by atoms with Crippen molar-refractivity contribution in [3.05, 3.63) is 65.7 Å². The molecule has 0 saturated carbocycles. The Bertz CT molecular complexity index is 692. The van der Waals surface area contributed by atoms with Gasteiger partial charge in [0, 0.05) is 46.3 Å². The summed E-state index contributed by atoms with van der Waals surface area (Å²) in [5.74, 6) is 1.85. The minimum Gasteiger partial charge on any atom is -0.497 e. The minimum atomic E-state index is 0.765. The van der Waals surface area contributed by atoms with Gasteiger partial charge in [-0.05, 0) is 23.3 Å². The van der Waals surface area contributed by atoms with Gasteiger partial charge in [0.25, 0.3) is 0 Å². The van der Waals surface area contributed by atoms with Crippen LogP contribution in [0.5, 0.6) is 5.75 Å². The zero-order valence-corrected chi connectivity index (χ0v) is 15.7. The molecule has 1 N–H and O–H groups in total. The van der Waals surface area contributed by atoms with Crippen LogP contribution in [-0.2, 0) is 13.1 Å². The van der Waals surface area contributed by atoms with Gasteiger partial charge in [-0.2, -0.15) is 0 Å². The largest absolute Gasteiger partial charge is 0.497 e. The second-order valence-corrected chi connectivity index (χ2v) is 6.50. The lowest BCUT2D eigenvalue weighted by Crippen LogP contribution is -2.52. The molecular weight excluding hydrogens is 324 g/mol. The molecule has 1 aliphatic heterocycles. The van der Waals surface area contributed by atoms with Gasteiger partial charge >= 0.3 is 0 Å². The first-order chi connectivity index (χ1) is 12.8. The van der Waals surface area contributed by atoms with Crippen molar-refractivity contribution in [3.63, 3.8) is 0 Å². The van der Waals surface area contributed by atoms with E-state index < -0.39 is 0 Å². The molecule has 5 nitrogen and oxygen atoms in total. The summed E-state index contributed by atoms with van der Waals surface area (Å²) >= 11 is 0. The maximum Gasteiger partial charge on any atom is 0.194 e. The van der Waals surface area contributed by atoms with Gasteiger partial charge in [0.15, 0.2) is 5.96 Å². The minimum absolute atomic E-state index is 0.765. The number of nitrogens with zero attached hydrogens (tertiary/aromatic N) is 3. The Morgan fingerprint density at radius 3 is 2.27 bits per heavy atom. The molecule has 2 aromatic carbocycles. The third kappa shape index (κ3) is 4.99. The maximum absolute atomic E-state index is 5.21. The quantitative estimate of drug-likeness (QED) is 0.663. The smallest absolute Gasteiger partial charge is 0.194 e. The monoisotopic (exact) mass is 352 g/mol. The molecule has 26 heavy (non-hydrogen) atoms. The van der Waals surface area contributed by atoms with Gasteiger partial charge in [0.05, 0.1) is 7.11 Å². The predicted molar refractivity (Wildman–Crippen MR) is 106 cm³/mol. The molecule has 0 radical (unpaired) electrons. The SMILES string of the molecule is CN=C(NCc1ccc(OC)cc1)N1CCN(Cc2ccccc2)CC1. The molecule has 2 aromatic rings. The number of rotatable bonds is 5. The first-order valence-corrected chi connectivity index (χ1v) is 9.13. The average molecular weight is 352 g/mol. The van der Waals surface area contributed by atoms with Gasteiger partial charge in [0.1, 0.15) is 5.75 Å².